The Morgan fingerprint density at radius 2 is 1.52 bits per heavy atom. The molecule has 0 aliphatic carbocycles. The number of rotatable bonds is 1. The fourth-order valence-electron chi connectivity index (χ4n) is 2.44. The Balaban J connectivity index is 0.00000132. The molecule has 4 aromatic rings. The largest absolute Gasteiger partial charge is 1.00 e. The number of oxazole rings is 1. The van der Waals surface area contributed by atoms with Crippen LogP contribution in [0.25, 0.3) is 33.3 Å². The summed E-state index contributed by atoms with van der Waals surface area (Å²) in [7, 11) is 0. The molecule has 1 N–H and O–H groups in total. The number of para-hydroxylation sites is 1. The Kier molecular flexibility index (Phi) is 3.46. The topological polar surface area (TPSA) is 50.3 Å². The summed E-state index contributed by atoms with van der Waals surface area (Å²) >= 11 is 0. The summed E-state index contributed by atoms with van der Waals surface area (Å²) < 4.78 is 5.79. The van der Waals surface area contributed by atoms with Crippen LogP contribution in [0.5, 0.6) is 5.75 Å². The van der Waals surface area contributed by atoms with Gasteiger partial charge in [0.1, 0.15) is 0 Å². The number of aromatic amines is 1. The van der Waals surface area contributed by atoms with Crippen LogP contribution in [0.1, 0.15) is 0 Å². The Hall–Kier alpha value is -2.21. The number of hydrogen-bond donors (Lipinski definition) is 0. The molecule has 0 unspecified atom stereocenters. The van der Waals surface area contributed by atoms with Gasteiger partial charge in [0.05, 0.1) is 5.56 Å². The van der Waals surface area contributed by atoms with Crippen LogP contribution in [0.3, 0.4) is 0 Å². The zero-order valence-electron chi connectivity index (χ0n) is 11.6. The summed E-state index contributed by atoms with van der Waals surface area (Å²) in [5.74, 6) is 0.452. The first-order valence-electron chi connectivity index (χ1n) is 6.42. The van der Waals surface area contributed by atoms with Crippen LogP contribution in [-0.4, -0.2) is 0 Å². The van der Waals surface area contributed by atoms with Crippen LogP contribution in [0, 0.1) is 0 Å². The van der Waals surface area contributed by atoms with E-state index in [1.165, 1.54) is 6.07 Å². The van der Waals surface area contributed by atoms with Gasteiger partial charge in [-0.05, 0) is 22.9 Å². The van der Waals surface area contributed by atoms with Gasteiger partial charge in [0, 0.05) is 6.07 Å². The van der Waals surface area contributed by atoms with E-state index in [1.807, 2.05) is 36.4 Å². The van der Waals surface area contributed by atoms with Gasteiger partial charge in [-0.25, -0.2) is 0 Å². The molecule has 1 heterocycles. The molecule has 0 amide bonds. The van der Waals surface area contributed by atoms with E-state index < -0.39 is 0 Å². The molecule has 1 aromatic heterocycles. The second-order valence-electron chi connectivity index (χ2n) is 4.75. The van der Waals surface area contributed by atoms with Crippen molar-refractivity contribution in [3.05, 3.63) is 60.7 Å². The molecule has 0 aliphatic heterocycles. The van der Waals surface area contributed by atoms with E-state index in [0.717, 1.165) is 21.9 Å². The molecule has 3 nitrogen and oxygen atoms in total. The van der Waals surface area contributed by atoms with Crippen LogP contribution in [-0.2, 0) is 0 Å². The fraction of sp³-hybridized carbons (Fsp3) is 0. The number of H-pyrrole nitrogens is 1. The van der Waals surface area contributed by atoms with E-state index in [9.17, 15) is 5.11 Å². The number of fused-ring (bicyclic) bond motifs is 2. The maximum atomic E-state index is 11.9. The van der Waals surface area contributed by atoms with Crippen molar-refractivity contribution < 1.29 is 33.4 Å². The quantitative estimate of drug-likeness (QED) is 0.461. The van der Waals surface area contributed by atoms with Gasteiger partial charge >= 0.3 is 24.8 Å². The standard InChI is InChI=1S/C17H11NO2.Li/c19-15-8-4-3-7-13(15)17-18-14-9-11-5-1-2-6-12(11)10-16(14)20-17;/h1-10,19H;/q;+1. The van der Waals surface area contributed by atoms with Gasteiger partial charge in [-0.1, -0.05) is 48.2 Å². The molecular weight excluding hydrogens is 257 g/mol. The molecule has 21 heavy (non-hydrogen) atoms. The smallest absolute Gasteiger partial charge is 0.872 e. The molecule has 4 heteroatoms. The number of benzene rings is 3. The van der Waals surface area contributed by atoms with Gasteiger partial charge in [0.25, 0.3) is 5.52 Å². The summed E-state index contributed by atoms with van der Waals surface area (Å²) in [5, 5.41) is 14.1. The molecule has 0 aliphatic rings. The van der Waals surface area contributed by atoms with Gasteiger partial charge in [0.15, 0.2) is 0 Å². The van der Waals surface area contributed by atoms with Crippen LogP contribution in [0.4, 0.5) is 0 Å². The van der Waals surface area contributed by atoms with Crippen molar-refractivity contribution >= 4 is 21.9 Å². The van der Waals surface area contributed by atoms with Gasteiger partial charge in [-0.15, -0.1) is 0 Å². The second-order valence-corrected chi connectivity index (χ2v) is 4.75. The molecule has 4 rings (SSSR count). The minimum Gasteiger partial charge on any atom is -0.872 e. The van der Waals surface area contributed by atoms with Crippen LogP contribution in [0.2, 0.25) is 0 Å². The second kappa shape index (κ2) is 5.29. The first-order valence-corrected chi connectivity index (χ1v) is 6.42. The first kappa shape index (κ1) is 13.8. The third-order valence-electron chi connectivity index (χ3n) is 3.44. The zero-order chi connectivity index (χ0) is 13.5. The molecule has 3 aromatic carbocycles. The summed E-state index contributed by atoms with van der Waals surface area (Å²) in [5.41, 5.74) is 2.19. The number of aromatic nitrogens is 1. The van der Waals surface area contributed by atoms with Crippen LogP contribution < -0.4 is 29.0 Å². The molecular formula is C17H11LiNO2+. The van der Waals surface area contributed by atoms with Gasteiger partial charge < -0.3 is 9.52 Å². The fourth-order valence-corrected chi connectivity index (χ4v) is 2.44. The van der Waals surface area contributed by atoms with Gasteiger partial charge in [-0.2, -0.15) is 4.98 Å². The molecule has 0 bridgehead atoms. The van der Waals surface area contributed by atoms with E-state index in [1.54, 1.807) is 12.1 Å². The third-order valence-corrected chi connectivity index (χ3v) is 3.44. The Labute approximate surface area is 133 Å². The number of hydrogen-bond acceptors (Lipinski definition) is 2. The Bertz CT molecular complexity index is 878. The summed E-state index contributed by atoms with van der Waals surface area (Å²) in [6, 6.07) is 19.0. The molecule has 0 saturated heterocycles. The summed E-state index contributed by atoms with van der Waals surface area (Å²) in [6.45, 7) is 0. The minimum atomic E-state index is -0.0487. The van der Waals surface area contributed by atoms with Crippen LogP contribution in [0.15, 0.2) is 65.1 Å². The Morgan fingerprint density at radius 3 is 2.29 bits per heavy atom. The average molecular weight is 268 g/mol. The molecule has 0 fully saturated rings. The average Bonchev–Trinajstić information content (AvgIpc) is 2.87. The summed E-state index contributed by atoms with van der Waals surface area (Å²) in [4.78, 5) is 3.18. The van der Waals surface area contributed by atoms with Crippen molar-refractivity contribution in [2.45, 2.75) is 0 Å². The molecule has 0 radical (unpaired) electrons. The summed E-state index contributed by atoms with van der Waals surface area (Å²) in [6.07, 6.45) is 0. The molecule has 0 atom stereocenters. The molecule has 0 saturated carbocycles. The van der Waals surface area contributed by atoms with Gasteiger partial charge in [-0.3, -0.25) is 0 Å². The van der Waals surface area contributed by atoms with Crippen molar-refractivity contribution in [3.8, 4) is 17.2 Å². The van der Waals surface area contributed by atoms with E-state index in [4.69, 9.17) is 4.42 Å². The van der Waals surface area contributed by atoms with Crippen molar-refractivity contribution in [2.75, 3.05) is 0 Å². The van der Waals surface area contributed by atoms with E-state index in [-0.39, 0.29) is 24.6 Å². The monoisotopic (exact) mass is 268 g/mol. The zero-order valence-corrected chi connectivity index (χ0v) is 11.6. The normalized spacial score (nSPS) is 10.7. The predicted octanol–water partition coefficient (Wildman–Crippen LogP) is 0.145. The molecule has 96 valence electrons. The first-order chi connectivity index (χ1) is 9.81. The maximum absolute atomic E-state index is 11.9. The van der Waals surface area contributed by atoms with E-state index in [2.05, 4.69) is 11.1 Å². The third kappa shape index (κ3) is 2.31. The Morgan fingerprint density at radius 1 is 0.857 bits per heavy atom. The van der Waals surface area contributed by atoms with Crippen LogP contribution >= 0.6 is 0 Å². The van der Waals surface area contributed by atoms with E-state index >= 15 is 0 Å². The minimum absolute atomic E-state index is 0. The van der Waals surface area contributed by atoms with Crippen molar-refractivity contribution in [3.63, 3.8) is 0 Å². The molecule has 0 spiro atoms. The predicted molar refractivity (Wildman–Crippen MR) is 75.2 cm³/mol. The van der Waals surface area contributed by atoms with Gasteiger partial charge in [0.2, 0.25) is 5.58 Å². The SMILES string of the molecule is [Li+].[O-]c1ccccc1-c1[nH+]c2cc3ccccc3cc2o1. The van der Waals surface area contributed by atoms with Crippen molar-refractivity contribution in [2.24, 2.45) is 0 Å². The van der Waals surface area contributed by atoms with E-state index in [0.29, 0.717) is 11.5 Å². The maximum Gasteiger partial charge on any atom is 1.00 e. The number of nitrogens with one attached hydrogen (secondary N) is 1. The van der Waals surface area contributed by atoms with Crippen molar-refractivity contribution in [1.82, 2.24) is 0 Å². The van der Waals surface area contributed by atoms with Crippen molar-refractivity contribution in [1.29, 1.82) is 0 Å².